The molecule has 0 saturated carbocycles. The van der Waals surface area contributed by atoms with Crippen molar-refractivity contribution in [2.24, 2.45) is 10.7 Å². The lowest BCUT2D eigenvalue weighted by Crippen LogP contribution is -2.36. The van der Waals surface area contributed by atoms with E-state index in [0.29, 0.717) is 21.7 Å². The second-order valence-electron chi connectivity index (χ2n) is 5.29. The van der Waals surface area contributed by atoms with Crippen LogP contribution in [-0.2, 0) is 0 Å². The molecule has 0 fully saturated rings. The number of rotatable bonds is 4. The van der Waals surface area contributed by atoms with Crippen molar-refractivity contribution < 1.29 is 14.5 Å². The first-order valence-corrected chi connectivity index (χ1v) is 7.90. The molecule has 0 radical (unpaired) electrons. The summed E-state index contributed by atoms with van der Waals surface area (Å²) >= 11 is 6.19. The van der Waals surface area contributed by atoms with Crippen LogP contribution in [0, 0.1) is 10.1 Å². The summed E-state index contributed by atoms with van der Waals surface area (Å²) in [5.74, 6) is -0.235. The van der Waals surface area contributed by atoms with E-state index >= 15 is 0 Å². The maximum atomic E-state index is 12.2. The number of nitro groups is 1. The Hall–Kier alpha value is -3.66. The van der Waals surface area contributed by atoms with Crippen LogP contribution >= 0.6 is 11.6 Å². The minimum atomic E-state index is -0.553. The van der Waals surface area contributed by atoms with E-state index in [-0.39, 0.29) is 23.2 Å². The van der Waals surface area contributed by atoms with Gasteiger partial charge in [-0.15, -0.1) is 0 Å². The number of aromatic amines is 1. The Labute approximate surface area is 157 Å². The zero-order chi connectivity index (χ0) is 19.6. The standard InChI is InChI=1S/C16H13ClN6O4/c1-19-16(18)22-15(24)11-7-9-10(17)2-3-12(14(9)21-11)27-13-6-8(23(25)26)4-5-20-13/h2-7,21H,1H3,(H3,18,19,22,24). The third kappa shape index (κ3) is 3.80. The minimum Gasteiger partial charge on any atom is -0.437 e. The zero-order valence-electron chi connectivity index (χ0n) is 13.9. The number of aliphatic imine (C=N–C) groups is 1. The number of hydrogen-bond acceptors (Lipinski definition) is 6. The number of nitrogens with zero attached hydrogens (tertiary/aromatic N) is 3. The molecule has 11 heteroatoms. The zero-order valence-corrected chi connectivity index (χ0v) is 14.6. The molecule has 0 aliphatic rings. The predicted molar refractivity (Wildman–Crippen MR) is 99.3 cm³/mol. The smallest absolute Gasteiger partial charge is 0.276 e. The van der Waals surface area contributed by atoms with Crippen molar-refractivity contribution in [3.63, 3.8) is 0 Å². The third-order valence-electron chi connectivity index (χ3n) is 3.57. The van der Waals surface area contributed by atoms with Crippen LogP contribution in [-0.4, -0.2) is 33.8 Å². The van der Waals surface area contributed by atoms with Crippen LogP contribution in [0.25, 0.3) is 10.9 Å². The highest BCUT2D eigenvalue weighted by molar-refractivity contribution is 6.36. The van der Waals surface area contributed by atoms with Gasteiger partial charge >= 0.3 is 0 Å². The number of halogens is 1. The Morgan fingerprint density at radius 1 is 1.41 bits per heavy atom. The molecule has 4 N–H and O–H groups in total. The van der Waals surface area contributed by atoms with Crippen molar-refractivity contribution in [1.82, 2.24) is 15.3 Å². The number of H-pyrrole nitrogens is 1. The second kappa shape index (κ2) is 7.30. The van der Waals surface area contributed by atoms with Crippen LogP contribution in [0.3, 0.4) is 0 Å². The molecule has 1 amide bonds. The summed E-state index contributed by atoms with van der Waals surface area (Å²) in [5.41, 5.74) is 5.94. The number of pyridine rings is 1. The first-order valence-electron chi connectivity index (χ1n) is 7.52. The highest BCUT2D eigenvalue weighted by Gasteiger charge is 2.16. The topological polar surface area (TPSA) is 149 Å². The van der Waals surface area contributed by atoms with Crippen molar-refractivity contribution in [3.8, 4) is 11.6 Å². The largest absolute Gasteiger partial charge is 0.437 e. The van der Waals surface area contributed by atoms with Crippen molar-refractivity contribution in [2.75, 3.05) is 7.05 Å². The second-order valence-corrected chi connectivity index (χ2v) is 5.70. The van der Waals surface area contributed by atoms with Gasteiger partial charge in [0, 0.05) is 24.7 Å². The van der Waals surface area contributed by atoms with E-state index in [4.69, 9.17) is 22.1 Å². The lowest BCUT2D eigenvalue weighted by atomic mass is 10.2. The Morgan fingerprint density at radius 3 is 2.89 bits per heavy atom. The lowest BCUT2D eigenvalue weighted by Gasteiger charge is -2.06. The van der Waals surface area contributed by atoms with E-state index in [1.165, 1.54) is 31.4 Å². The fourth-order valence-corrected chi connectivity index (χ4v) is 2.50. The van der Waals surface area contributed by atoms with Gasteiger partial charge in [-0.1, -0.05) is 11.6 Å². The molecule has 0 spiro atoms. The van der Waals surface area contributed by atoms with E-state index < -0.39 is 10.8 Å². The van der Waals surface area contributed by atoms with Crippen LogP contribution in [0.1, 0.15) is 10.5 Å². The summed E-state index contributed by atoms with van der Waals surface area (Å²) in [6.45, 7) is 0. The molecule has 0 unspecified atom stereocenters. The van der Waals surface area contributed by atoms with Gasteiger partial charge in [0.25, 0.3) is 11.6 Å². The van der Waals surface area contributed by atoms with Gasteiger partial charge < -0.3 is 15.5 Å². The molecule has 0 atom stereocenters. The van der Waals surface area contributed by atoms with Crippen molar-refractivity contribution in [2.45, 2.75) is 0 Å². The number of carbonyl (C=O) groups is 1. The molecule has 3 aromatic rings. The summed E-state index contributed by atoms with van der Waals surface area (Å²) in [6.07, 6.45) is 1.26. The van der Waals surface area contributed by atoms with Gasteiger partial charge in [-0.25, -0.2) is 4.98 Å². The number of aromatic nitrogens is 2. The van der Waals surface area contributed by atoms with Gasteiger partial charge in [-0.2, -0.15) is 0 Å². The van der Waals surface area contributed by atoms with Crippen LogP contribution in [0.2, 0.25) is 5.02 Å². The summed E-state index contributed by atoms with van der Waals surface area (Å²) in [6, 6.07) is 7.11. The van der Waals surface area contributed by atoms with Crippen molar-refractivity contribution in [1.29, 1.82) is 0 Å². The molecular weight excluding hydrogens is 376 g/mol. The first-order chi connectivity index (χ1) is 12.9. The molecule has 0 saturated heterocycles. The number of benzene rings is 1. The number of guanidine groups is 1. The molecule has 0 aliphatic carbocycles. The van der Waals surface area contributed by atoms with Gasteiger partial charge in [0.15, 0.2) is 11.7 Å². The molecule has 10 nitrogen and oxygen atoms in total. The molecule has 2 aromatic heterocycles. The fraction of sp³-hybridized carbons (Fsp3) is 0.0625. The van der Waals surface area contributed by atoms with E-state index in [2.05, 4.69) is 20.3 Å². The normalized spacial score (nSPS) is 11.4. The first kappa shape index (κ1) is 18.1. The highest BCUT2D eigenvalue weighted by atomic mass is 35.5. The lowest BCUT2D eigenvalue weighted by molar-refractivity contribution is -0.385. The molecule has 0 bridgehead atoms. The molecule has 1 aromatic carbocycles. The monoisotopic (exact) mass is 388 g/mol. The average molecular weight is 389 g/mol. The fourth-order valence-electron chi connectivity index (χ4n) is 2.29. The van der Waals surface area contributed by atoms with Crippen LogP contribution in [0.15, 0.2) is 41.5 Å². The van der Waals surface area contributed by atoms with Crippen LogP contribution in [0.5, 0.6) is 11.6 Å². The SMILES string of the molecule is CN=C(N)NC(=O)c1cc2c(Cl)ccc(Oc3cc([N+](=O)[O-])ccn3)c2[nH]1. The third-order valence-corrected chi connectivity index (χ3v) is 3.90. The molecule has 0 aliphatic heterocycles. The number of nitrogens with two attached hydrogens (primary N) is 1. The van der Waals surface area contributed by atoms with Gasteiger partial charge in [0.2, 0.25) is 5.88 Å². The highest BCUT2D eigenvalue weighted by Crippen LogP contribution is 2.34. The number of ether oxygens (including phenoxy) is 1. The van der Waals surface area contributed by atoms with Crippen LogP contribution in [0.4, 0.5) is 5.69 Å². The summed E-state index contributed by atoms with van der Waals surface area (Å²) in [4.78, 5) is 33.1. The maximum Gasteiger partial charge on any atom is 0.276 e. The molecule has 138 valence electrons. The number of hydrogen-bond donors (Lipinski definition) is 3. The Balaban J connectivity index is 1.99. The number of amides is 1. The summed E-state index contributed by atoms with van der Waals surface area (Å²) < 4.78 is 5.65. The average Bonchev–Trinajstić information content (AvgIpc) is 3.11. The van der Waals surface area contributed by atoms with Gasteiger partial charge in [-0.3, -0.25) is 25.2 Å². The quantitative estimate of drug-likeness (QED) is 0.270. The van der Waals surface area contributed by atoms with E-state index in [9.17, 15) is 14.9 Å². The van der Waals surface area contributed by atoms with Gasteiger partial charge in [-0.05, 0) is 18.2 Å². The summed E-state index contributed by atoms with van der Waals surface area (Å²) in [7, 11) is 1.44. The Morgan fingerprint density at radius 2 is 2.19 bits per heavy atom. The van der Waals surface area contributed by atoms with Crippen molar-refractivity contribution >= 4 is 40.1 Å². The number of carbonyl (C=O) groups excluding carboxylic acids is 1. The maximum absolute atomic E-state index is 12.2. The molecule has 3 rings (SSSR count). The minimum absolute atomic E-state index is 0.0239. The van der Waals surface area contributed by atoms with E-state index in [1.807, 2.05) is 0 Å². The molecular formula is C16H13ClN6O4. The Kier molecular flexibility index (Phi) is 4.90. The number of nitrogens with one attached hydrogen (secondary N) is 2. The summed E-state index contributed by atoms with van der Waals surface area (Å²) in [5, 5.41) is 14.2. The van der Waals surface area contributed by atoms with Gasteiger partial charge in [0.05, 0.1) is 21.5 Å². The number of fused-ring (bicyclic) bond motifs is 1. The Bertz CT molecular complexity index is 1080. The van der Waals surface area contributed by atoms with Crippen molar-refractivity contribution in [3.05, 3.63) is 57.4 Å². The van der Waals surface area contributed by atoms with E-state index in [0.717, 1.165) is 0 Å². The predicted octanol–water partition coefficient (Wildman–Crippen LogP) is 2.59. The molecule has 2 heterocycles. The van der Waals surface area contributed by atoms with Crippen LogP contribution < -0.4 is 15.8 Å². The molecule has 27 heavy (non-hydrogen) atoms. The van der Waals surface area contributed by atoms with E-state index in [1.54, 1.807) is 12.1 Å². The van der Waals surface area contributed by atoms with Gasteiger partial charge in [0.1, 0.15) is 5.69 Å².